The Hall–Kier alpha value is -1.46. The maximum atomic E-state index is 12.4. The van der Waals surface area contributed by atoms with Crippen LogP contribution in [0.5, 0.6) is 0 Å². The number of benzene rings is 1. The van der Waals surface area contributed by atoms with Crippen molar-refractivity contribution in [1.29, 1.82) is 0 Å². The van der Waals surface area contributed by atoms with Crippen molar-refractivity contribution in [3.63, 3.8) is 0 Å². The van der Waals surface area contributed by atoms with E-state index in [0.717, 1.165) is 23.5 Å². The van der Waals surface area contributed by atoms with Crippen LogP contribution >= 0.6 is 11.8 Å². The molecule has 0 atom stereocenters. The number of nitrogens with one attached hydrogen (secondary N) is 2. The average molecular weight is 358 g/mol. The number of carbonyl (C=O) groups is 1. The molecule has 1 aromatic carbocycles. The minimum atomic E-state index is 0.0166. The van der Waals surface area contributed by atoms with E-state index in [2.05, 4.69) is 27.0 Å². The molecule has 4 nitrogen and oxygen atoms in total. The highest BCUT2D eigenvalue weighted by Crippen LogP contribution is 2.26. The zero-order valence-electron chi connectivity index (χ0n) is 14.7. The number of rotatable bonds is 4. The third kappa shape index (κ3) is 4.04. The van der Waals surface area contributed by atoms with Gasteiger partial charge in [0.2, 0.25) is 0 Å². The van der Waals surface area contributed by atoms with E-state index in [0.29, 0.717) is 11.6 Å². The van der Waals surface area contributed by atoms with Gasteiger partial charge >= 0.3 is 0 Å². The standard InChI is InChI=1S/C20H27N3OS/c24-20(19-13-16-3-1-2-4-18(16)22-19)21-14-15-5-9-23(10-6-15)17-7-11-25-12-8-17/h1-4,13,15,17,22H,5-12,14H2,(H,21,24). The second-order valence-corrected chi connectivity index (χ2v) is 8.53. The predicted molar refractivity (Wildman–Crippen MR) is 105 cm³/mol. The molecule has 1 aromatic heterocycles. The van der Waals surface area contributed by atoms with Gasteiger partial charge in [0.05, 0.1) is 0 Å². The summed E-state index contributed by atoms with van der Waals surface area (Å²) in [4.78, 5) is 18.3. The van der Waals surface area contributed by atoms with Gasteiger partial charge in [-0.25, -0.2) is 0 Å². The molecule has 0 bridgehead atoms. The molecule has 134 valence electrons. The molecule has 2 aliphatic heterocycles. The first-order valence-electron chi connectivity index (χ1n) is 9.47. The monoisotopic (exact) mass is 357 g/mol. The minimum absolute atomic E-state index is 0.0166. The molecule has 0 spiro atoms. The minimum Gasteiger partial charge on any atom is -0.351 e. The Labute approximate surface area is 153 Å². The highest BCUT2D eigenvalue weighted by Gasteiger charge is 2.26. The number of fused-ring (bicyclic) bond motifs is 1. The summed E-state index contributed by atoms with van der Waals surface area (Å²) in [5, 5.41) is 4.22. The average Bonchev–Trinajstić information content (AvgIpc) is 3.11. The molecule has 0 unspecified atom stereocenters. The van der Waals surface area contributed by atoms with E-state index in [-0.39, 0.29) is 5.91 Å². The van der Waals surface area contributed by atoms with Gasteiger partial charge in [-0.15, -0.1) is 0 Å². The Morgan fingerprint density at radius 3 is 2.68 bits per heavy atom. The van der Waals surface area contributed by atoms with Crippen molar-refractivity contribution in [1.82, 2.24) is 15.2 Å². The van der Waals surface area contributed by atoms with Crippen LogP contribution in [0.25, 0.3) is 10.9 Å². The topological polar surface area (TPSA) is 48.1 Å². The lowest BCUT2D eigenvalue weighted by Crippen LogP contribution is -2.45. The smallest absolute Gasteiger partial charge is 0.267 e. The number of aromatic nitrogens is 1. The molecule has 0 radical (unpaired) electrons. The van der Waals surface area contributed by atoms with E-state index in [1.54, 1.807) is 0 Å². The molecule has 5 heteroatoms. The van der Waals surface area contributed by atoms with Crippen LogP contribution in [0.1, 0.15) is 36.2 Å². The number of hydrogen-bond donors (Lipinski definition) is 2. The Bertz CT molecular complexity index is 682. The third-order valence-electron chi connectivity index (χ3n) is 5.68. The number of thioether (sulfide) groups is 1. The molecule has 1 amide bonds. The first-order valence-corrected chi connectivity index (χ1v) is 10.6. The van der Waals surface area contributed by atoms with Gasteiger partial charge in [-0.05, 0) is 68.3 Å². The van der Waals surface area contributed by atoms with Gasteiger partial charge in [0.25, 0.3) is 5.91 Å². The van der Waals surface area contributed by atoms with Gasteiger partial charge < -0.3 is 15.2 Å². The Morgan fingerprint density at radius 1 is 1.16 bits per heavy atom. The zero-order chi connectivity index (χ0) is 17.1. The van der Waals surface area contributed by atoms with E-state index >= 15 is 0 Å². The van der Waals surface area contributed by atoms with Gasteiger partial charge in [-0.3, -0.25) is 4.79 Å². The number of nitrogens with zero attached hydrogens (tertiary/aromatic N) is 1. The lowest BCUT2D eigenvalue weighted by molar-refractivity contribution is 0.0916. The Morgan fingerprint density at radius 2 is 1.92 bits per heavy atom. The highest BCUT2D eigenvalue weighted by molar-refractivity contribution is 7.99. The number of likely N-dealkylation sites (tertiary alicyclic amines) is 1. The van der Waals surface area contributed by atoms with Crippen LogP contribution in [0.15, 0.2) is 30.3 Å². The molecule has 2 aliphatic rings. The molecular formula is C20H27N3OS. The van der Waals surface area contributed by atoms with Crippen LogP contribution in [-0.4, -0.2) is 53.0 Å². The predicted octanol–water partition coefficient (Wildman–Crippen LogP) is 3.51. The Balaban J connectivity index is 1.25. The van der Waals surface area contributed by atoms with Crippen molar-refractivity contribution < 1.29 is 4.79 Å². The highest BCUT2D eigenvalue weighted by atomic mass is 32.2. The number of H-pyrrole nitrogens is 1. The van der Waals surface area contributed by atoms with Gasteiger partial charge in [-0.2, -0.15) is 11.8 Å². The van der Waals surface area contributed by atoms with Crippen LogP contribution in [0, 0.1) is 5.92 Å². The number of aromatic amines is 1. The zero-order valence-corrected chi connectivity index (χ0v) is 15.5. The number of para-hydroxylation sites is 1. The van der Waals surface area contributed by atoms with Crippen molar-refractivity contribution in [2.24, 2.45) is 5.92 Å². The Kier molecular flexibility index (Phi) is 5.32. The van der Waals surface area contributed by atoms with Crippen LogP contribution in [-0.2, 0) is 0 Å². The maximum Gasteiger partial charge on any atom is 0.267 e. The molecule has 25 heavy (non-hydrogen) atoms. The van der Waals surface area contributed by atoms with Crippen LogP contribution in [0.2, 0.25) is 0 Å². The van der Waals surface area contributed by atoms with Crippen LogP contribution < -0.4 is 5.32 Å². The van der Waals surface area contributed by atoms with E-state index in [1.807, 2.05) is 30.3 Å². The largest absolute Gasteiger partial charge is 0.351 e. The molecule has 4 rings (SSSR count). The van der Waals surface area contributed by atoms with Crippen molar-refractivity contribution >= 4 is 28.6 Å². The summed E-state index contributed by atoms with van der Waals surface area (Å²) in [6.45, 7) is 3.19. The fourth-order valence-electron chi connectivity index (χ4n) is 4.10. The van der Waals surface area contributed by atoms with Gasteiger partial charge in [-0.1, -0.05) is 18.2 Å². The number of piperidine rings is 1. The van der Waals surface area contributed by atoms with Crippen molar-refractivity contribution in [3.8, 4) is 0 Å². The summed E-state index contributed by atoms with van der Waals surface area (Å²) in [6, 6.07) is 10.8. The molecule has 0 aliphatic carbocycles. The normalized spacial score (nSPS) is 20.8. The van der Waals surface area contributed by atoms with E-state index in [4.69, 9.17) is 0 Å². The number of amides is 1. The van der Waals surface area contributed by atoms with E-state index in [9.17, 15) is 4.79 Å². The van der Waals surface area contributed by atoms with Crippen molar-refractivity contribution in [2.45, 2.75) is 31.7 Å². The molecule has 0 saturated carbocycles. The summed E-state index contributed by atoms with van der Waals surface area (Å²) in [5.41, 5.74) is 1.69. The van der Waals surface area contributed by atoms with Crippen LogP contribution in [0.4, 0.5) is 0 Å². The number of hydrogen-bond acceptors (Lipinski definition) is 3. The summed E-state index contributed by atoms with van der Waals surface area (Å²) >= 11 is 2.10. The van der Waals surface area contributed by atoms with Gasteiger partial charge in [0, 0.05) is 23.5 Å². The molecular weight excluding hydrogens is 330 g/mol. The van der Waals surface area contributed by atoms with Crippen LogP contribution in [0.3, 0.4) is 0 Å². The molecule has 2 fully saturated rings. The lowest BCUT2D eigenvalue weighted by Gasteiger charge is -2.39. The maximum absolute atomic E-state index is 12.4. The lowest BCUT2D eigenvalue weighted by atomic mass is 9.94. The second-order valence-electron chi connectivity index (χ2n) is 7.30. The van der Waals surface area contributed by atoms with Gasteiger partial charge in [0.1, 0.15) is 5.69 Å². The SMILES string of the molecule is O=C(NCC1CCN(C2CCSCC2)CC1)c1cc2ccccc2[nH]1. The first-order chi connectivity index (χ1) is 12.3. The summed E-state index contributed by atoms with van der Waals surface area (Å²) in [5.74, 6) is 3.28. The van der Waals surface area contributed by atoms with E-state index < -0.39 is 0 Å². The quantitative estimate of drug-likeness (QED) is 0.880. The third-order valence-corrected chi connectivity index (χ3v) is 6.73. The van der Waals surface area contributed by atoms with Gasteiger partial charge in [0.15, 0.2) is 0 Å². The second kappa shape index (κ2) is 7.83. The fourth-order valence-corrected chi connectivity index (χ4v) is 5.18. The first kappa shape index (κ1) is 17.0. The molecule has 2 N–H and O–H groups in total. The summed E-state index contributed by atoms with van der Waals surface area (Å²) in [6.07, 6.45) is 5.12. The van der Waals surface area contributed by atoms with E-state index in [1.165, 1.54) is 50.3 Å². The van der Waals surface area contributed by atoms with Crippen molar-refractivity contribution in [3.05, 3.63) is 36.0 Å². The summed E-state index contributed by atoms with van der Waals surface area (Å²) in [7, 11) is 0. The number of carbonyl (C=O) groups excluding carboxylic acids is 1. The molecule has 2 saturated heterocycles. The molecule has 3 heterocycles. The fraction of sp³-hybridized carbons (Fsp3) is 0.550. The van der Waals surface area contributed by atoms with Crippen molar-refractivity contribution in [2.75, 3.05) is 31.1 Å². The summed E-state index contributed by atoms with van der Waals surface area (Å²) < 4.78 is 0. The molecule has 2 aromatic rings.